The Morgan fingerprint density at radius 3 is 2.61 bits per heavy atom. The molecule has 0 saturated carbocycles. The van der Waals surface area contributed by atoms with E-state index >= 15 is 0 Å². The minimum Gasteiger partial charge on any atom is -0.394 e. The molecule has 3 rings (SSSR count). The van der Waals surface area contributed by atoms with Crippen molar-refractivity contribution in [1.82, 2.24) is 20.0 Å². The summed E-state index contributed by atoms with van der Waals surface area (Å²) in [6.07, 6.45) is 1.66. The summed E-state index contributed by atoms with van der Waals surface area (Å²) >= 11 is 0. The van der Waals surface area contributed by atoms with Crippen LogP contribution < -0.4 is 5.73 Å². The van der Waals surface area contributed by atoms with E-state index in [1.54, 1.807) is 12.3 Å². The first-order chi connectivity index (χ1) is 10.8. The number of azo groups is 1. The first-order valence-electron chi connectivity index (χ1n) is 6.73. The van der Waals surface area contributed by atoms with Gasteiger partial charge in [0.1, 0.15) is 5.82 Å². The van der Waals surface area contributed by atoms with Crippen LogP contribution in [0.3, 0.4) is 0 Å². The average Bonchev–Trinajstić information content (AvgIpc) is 3.15. The molecule has 3 aromatic rings. The fourth-order valence-electron chi connectivity index (χ4n) is 2.09. The molecule has 2 heterocycles. The standard InChI is InChI=1S/C14H15N7O.ClH/c15-13-12(10-4-2-1-3-5-10)14(20-21(13)8-9-22)19-18-11-6-7-16-17-11;/h1-7,22H,8-9,15H2,(H,16,17);1H. The van der Waals surface area contributed by atoms with Crippen molar-refractivity contribution in [2.24, 2.45) is 10.2 Å². The van der Waals surface area contributed by atoms with Crippen LogP contribution >= 0.6 is 12.4 Å². The van der Waals surface area contributed by atoms with E-state index in [1.165, 1.54) is 4.68 Å². The van der Waals surface area contributed by atoms with Crippen LogP contribution in [0.4, 0.5) is 17.5 Å². The van der Waals surface area contributed by atoms with E-state index in [1.807, 2.05) is 30.3 Å². The molecule has 8 nitrogen and oxygen atoms in total. The van der Waals surface area contributed by atoms with Crippen molar-refractivity contribution in [3.63, 3.8) is 0 Å². The number of hydrogen-bond donors (Lipinski definition) is 3. The molecule has 0 fully saturated rings. The molecular formula is C14H16ClN7O. The lowest BCUT2D eigenvalue weighted by molar-refractivity contribution is 0.270. The van der Waals surface area contributed by atoms with Gasteiger partial charge in [0.2, 0.25) is 5.82 Å². The monoisotopic (exact) mass is 333 g/mol. The summed E-state index contributed by atoms with van der Waals surface area (Å²) in [5.41, 5.74) is 7.71. The lowest BCUT2D eigenvalue weighted by Gasteiger charge is -2.02. The van der Waals surface area contributed by atoms with E-state index in [-0.39, 0.29) is 19.0 Å². The van der Waals surface area contributed by atoms with Crippen molar-refractivity contribution in [1.29, 1.82) is 0 Å². The molecule has 0 aliphatic heterocycles. The SMILES string of the molecule is Cl.Nc1c(-c2ccccc2)c(N=Nc2cc[nH]n2)nn1CCO. The van der Waals surface area contributed by atoms with Crippen molar-refractivity contribution in [2.75, 3.05) is 12.3 Å². The van der Waals surface area contributed by atoms with Gasteiger partial charge in [0.25, 0.3) is 0 Å². The van der Waals surface area contributed by atoms with E-state index in [4.69, 9.17) is 10.8 Å². The Morgan fingerprint density at radius 1 is 1.17 bits per heavy atom. The number of halogens is 1. The van der Waals surface area contributed by atoms with Crippen LogP contribution in [0.25, 0.3) is 11.1 Å². The smallest absolute Gasteiger partial charge is 0.205 e. The number of hydrogen-bond acceptors (Lipinski definition) is 6. The highest BCUT2D eigenvalue weighted by Gasteiger charge is 2.17. The summed E-state index contributed by atoms with van der Waals surface area (Å²) in [4.78, 5) is 0. The van der Waals surface area contributed by atoms with Gasteiger partial charge in [0.15, 0.2) is 5.82 Å². The summed E-state index contributed by atoms with van der Waals surface area (Å²) in [6.45, 7) is 0.236. The van der Waals surface area contributed by atoms with E-state index in [0.29, 0.717) is 29.6 Å². The van der Waals surface area contributed by atoms with Gasteiger partial charge in [-0.3, -0.25) is 5.10 Å². The van der Waals surface area contributed by atoms with Crippen LogP contribution in [-0.2, 0) is 6.54 Å². The second kappa shape index (κ2) is 7.52. The van der Waals surface area contributed by atoms with Gasteiger partial charge in [-0.05, 0) is 5.56 Å². The lowest BCUT2D eigenvalue weighted by Crippen LogP contribution is -2.07. The van der Waals surface area contributed by atoms with Crippen molar-refractivity contribution >= 4 is 29.9 Å². The number of aliphatic hydroxyl groups is 1. The molecule has 0 aliphatic rings. The summed E-state index contributed by atoms with van der Waals surface area (Å²) in [7, 11) is 0. The number of aliphatic hydroxyl groups excluding tert-OH is 1. The Hall–Kier alpha value is -2.71. The largest absolute Gasteiger partial charge is 0.394 e. The van der Waals surface area contributed by atoms with Crippen LogP contribution in [0.2, 0.25) is 0 Å². The zero-order valence-corrected chi connectivity index (χ0v) is 12.9. The molecule has 4 N–H and O–H groups in total. The number of nitrogens with one attached hydrogen (secondary N) is 1. The summed E-state index contributed by atoms with van der Waals surface area (Å²) in [5, 5.41) is 28.2. The number of nitrogen functional groups attached to an aromatic ring is 1. The average molecular weight is 334 g/mol. The van der Waals surface area contributed by atoms with E-state index in [9.17, 15) is 0 Å². The van der Waals surface area contributed by atoms with E-state index in [0.717, 1.165) is 5.56 Å². The number of aromatic nitrogens is 4. The Kier molecular flexibility index (Phi) is 5.45. The van der Waals surface area contributed by atoms with Crippen LogP contribution in [0.5, 0.6) is 0 Å². The second-order valence-corrected chi connectivity index (χ2v) is 4.53. The van der Waals surface area contributed by atoms with Gasteiger partial charge in [0, 0.05) is 12.3 Å². The fraction of sp³-hybridized carbons (Fsp3) is 0.143. The van der Waals surface area contributed by atoms with E-state index in [2.05, 4.69) is 25.5 Å². The first kappa shape index (κ1) is 16.7. The number of H-pyrrole nitrogens is 1. The molecule has 0 spiro atoms. The predicted molar refractivity (Wildman–Crippen MR) is 89.2 cm³/mol. The molecule has 9 heteroatoms. The van der Waals surface area contributed by atoms with Gasteiger partial charge >= 0.3 is 0 Å². The zero-order chi connectivity index (χ0) is 15.4. The first-order valence-corrected chi connectivity index (χ1v) is 6.73. The van der Waals surface area contributed by atoms with Gasteiger partial charge in [0.05, 0.1) is 18.7 Å². The van der Waals surface area contributed by atoms with Gasteiger partial charge < -0.3 is 10.8 Å². The molecule has 2 aromatic heterocycles. The number of nitrogens with two attached hydrogens (primary N) is 1. The molecule has 1 aromatic carbocycles. The molecule has 120 valence electrons. The maximum atomic E-state index is 9.11. The van der Waals surface area contributed by atoms with Crippen LogP contribution in [0.1, 0.15) is 0 Å². The highest BCUT2D eigenvalue weighted by molar-refractivity contribution is 5.85. The topological polar surface area (TPSA) is 117 Å². The molecular weight excluding hydrogens is 318 g/mol. The van der Waals surface area contributed by atoms with E-state index < -0.39 is 0 Å². The van der Waals surface area contributed by atoms with Crippen LogP contribution in [-0.4, -0.2) is 31.7 Å². The molecule has 0 saturated heterocycles. The Balaban J connectivity index is 0.00000192. The lowest BCUT2D eigenvalue weighted by atomic mass is 10.1. The van der Waals surface area contributed by atoms with Gasteiger partial charge in [-0.15, -0.1) is 27.7 Å². The number of nitrogens with zero attached hydrogens (tertiary/aromatic N) is 5. The van der Waals surface area contributed by atoms with Gasteiger partial charge in [-0.1, -0.05) is 30.3 Å². The van der Waals surface area contributed by atoms with Gasteiger partial charge in [-0.2, -0.15) is 5.10 Å². The normalized spacial score (nSPS) is 10.8. The van der Waals surface area contributed by atoms with Crippen molar-refractivity contribution in [3.05, 3.63) is 42.6 Å². The maximum Gasteiger partial charge on any atom is 0.205 e. The third-order valence-electron chi connectivity index (χ3n) is 3.08. The number of aromatic amines is 1. The number of anilines is 1. The second-order valence-electron chi connectivity index (χ2n) is 4.53. The third-order valence-corrected chi connectivity index (χ3v) is 3.08. The number of rotatable bonds is 5. The van der Waals surface area contributed by atoms with Crippen LogP contribution in [0, 0.1) is 0 Å². The third kappa shape index (κ3) is 3.55. The number of benzene rings is 1. The highest BCUT2D eigenvalue weighted by atomic mass is 35.5. The Bertz CT molecular complexity index is 768. The fourth-order valence-corrected chi connectivity index (χ4v) is 2.09. The van der Waals surface area contributed by atoms with Gasteiger partial charge in [-0.25, -0.2) is 4.68 Å². The van der Waals surface area contributed by atoms with Crippen LogP contribution in [0.15, 0.2) is 52.8 Å². The summed E-state index contributed by atoms with van der Waals surface area (Å²) < 4.78 is 1.52. The Labute approximate surface area is 138 Å². The summed E-state index contributed by atoms with van der Waals surface area (Å²) in [5.74, 6) is 1.28. The highest BCUT2D eigenvalue weighted by Crippen LogP contribution is 2.35. The molecule has 23 heavy (non-hydrogen) atoms. The molecule has 0 aliphatic carbocycles. The quantitative estimate of drug-likeness (QED) is 0.622. The Morgan fingerprint density at radius 2 is 1.96 bits per heavy atom. The minimum absolute atomic E-state index is 0. The van der Waals surface area contributed by atoms with Crippen molar-refractivity contribution in [3.8, 4) is 11.1 Å². The molecule has 0 amide bonds. The maximum absolute atomic E-state index is 9.11. The zero-order valence-electron chi connectivity index (χ0n) is 12.1. The molecule has 0 unspecified atom stereocenters. The molecule has 0 atom stereocenters. The summed E-state index contributed by atoms with van der Waals surface area (Å²) in [6, 6.07) is 11.3. The van der Waals surface area contributed by atoms with Crippen molar-refractivity contribution in [2.45, 2.75) is 6.54 Å². The van der Waals surface area contributed by atoms with Crippen molar-refractivity contribution < 1.29 is 5.11 Å². The molecule has 0 radical (unpaired) electrons. The molecule has 0 bridgehead atoms. The predicted octanol–water partition coefficient (Wildman–Crippen LogP) is 2.68. The minimum atomic E-state index is -0.0595.